The van der Waals surface area contributed by atoms with Crippen molar-refractivity contribution in [2.75, 3.05) is 31.1 Å². The molecule has 19 heavy (non-hydrogen) atoms. The molecule has 0 bridgehead atoms. The van der Waals surface area contributed by atoms with E-state index in [1.165, 1.54) is 0 Å². The molecule has 6 nitrogen and oxygen atoms in total. The third kappa shape index (κ3) is 2.21. The maximum absolute atomic E-state index is 11.5. The van der Waals surface area contributed by atoms with Gasteiger partial charge >= 0.3 is 6.03 Å². The van der Waals surface area contributed by atoms with Crippen LogP contribution in [-0.2, 0) is 0 Å². The van der Waals surface area contributed by atoms with E-state index in [1.807, 2.05) is 17.0 Å². The number of fused-ring (bicyclic) bond motifs is 1. The fourth-order valence-corrected chi connectivity index (χ4v) is 2.65. The average molecular weight is 277 g/mol. The molecule has 100 valence electrons. The van der Waals surface area contributed by atoms with Gasteiger partial charge < -0.3 is 20.9 Å². The summed E-state index contributed by atoms with van der Waals surface area (Å²) in [7, 11) is 0. The van der Waals surface area contributed by atoms with E-state index in [0.29, 0.717) is 11.5 Å². The van der Waals surface area contributed by atoms with Crippen molar-refractivity contribution in [1.82, 2.24) is 15.2 Å². The molecule has 7 heteroatoms. The van der Waals surface area contributed by atoms with Crippen LogP contribution in [0.5, 0.6) is 0 Å². The minimum atomic E-state index is 0.0430. The molecule has 2 amide bonds. The number of nitrogens with zero attached hydrogens (tertiary/aromatic N) is 3. The van der Waals surface area contributed by atoms with Crippen molar-refractivity contribution in [2.24, 2.45) is 5.73 Å². The van der Waals surface area contributed by atoms with Gasteiger partial charge in [0.25, 0.3) is 0 Å². The Labute approximate surface area is 116 Å². The summed E-state index contributed by atoms with van der Waals surface area (Å²) in [4.78, 5) is 20.3. The van der Waals surface area contributed by atoms with Gasteiger partial charge in [0.1, 0.15) is 10.8 Å². The lowest BCUT2D eigenvalue weighted by molar-refractivity contribution is 0.197. The highest BCUT2D eigenvalue weighted by molar-refractivity contribution is 7.80. The number of hydrogen-bond acceptors (Lipinski definition) is 4. The zero-order valence-electron chi connectivity index (χ0n) is 10.4. The van der Waals surface area contributed by atoms with E-state index in [-0.39, 0.29) is 12.1 Å². The Morgan fingerprint density at radius 1 is 1.47 bits per heavy atom. The first kappa shape index (κ1) is 12.2. The van der Waals surface area contributed by atoms with Crippen LogP contribution < -0.4 is 16.0 Å². The third-order valence-corrected chi connectivity index (χ3v) is 3.82. The number of pyridine rings is 1. The average Bonchev–Trinajstić information content (AvgIpc) is 2.80. The van der Waals surface area contributed by atoms with E-state index in [1.54, 1.807) is 6.20 Å². The van der Waals surface area contributed by atoms with Crippen LogP contribution in [0.25, 0.3) is 0 Å². The molecule has 2 aliphatic rings. The topological polar surface area (TPSA) is 74.5 Å². The summed E-state index contributed by atoms with van der Waals surface area (Å²) < 4.78 is 0. The van der Waals surface area contributed by atoms with E-state index in [0.717, 1.165) is 31.0 Å². The van der Waals surface area contributed by atoms with Gasteiger partial charge in [-0.2, -0.15) is 0 Å². The molecule has 2 aliphatic heterocycles. The van der Waals surface area contributed by atoms with Crippen molar-refractivity contribution < 1.29 is 4.79 Å². The summed E-state index contributed by atoms with van der Waals surface area (Å²) in [5.41, 5.74) is 6.33. The standard InChI is InChI=1S/C12H15N5OS/c13-11(19)8-1-2-10(14-5-8)16-3-4-17-9(7-16)6-15-12(17)18/h1-2,5,9H,3-4,6-7H2,(H2,13,19)(H,15,18). The number of urea groups is 1. The summed E-state index contributed by atoms with van der Waals surface area (Å²) in [5.74, 6) is 0.902. The smallest absolute Gasteiger partial charge is 0.317 e. The lowest BCUT2D eigenvalue weighted by Gasteiger charge is -2.37. The van der Waals surface area contributed by atoms with Crippen molar-refractivity contribution in [1.29, 1.82) is 0 Å². The molecule has 1 atom stereocenters. The normalized spacial score (nSPS) is 22.1. The SMILES string of the molecule is NC(=S)c1ccc(N2CCN3C(=O)NCC3C2)nc1. The van der Waals surface area contributed by atoms with E-state index in [4.69, 9.17) is 18.0 Å². The largest absolute Gasteiger partial charge is 0.389 e. The van der Waals surface area contributed by atoms with Crippen LogP contribution in [0.1, 0.15) is 5.56 Å². The molecule has 2 fully saturated rings. The van der Waals surface area contributed by atoms with Crippen LogP contribution in [0, 0.1) is 0 Å². The van der Waals surface area contributed by atoms with Gasteiger partial charge in [-0.05, 0) is 12.1 Å². The number of thiocarbonyl (C=S) groups is 1. The number of rotatable bonds is 2. The number of aromatic nitrogens is 1. The second-order valence-corrected chi connectivity index (χ2v) is 5.19. The fourth-order valence-electron chi connectivity index (χ4n) is 2.53. The molecule has 2 saturated heterocycles. The molecular weight excluding hydrogens is 262 g/mol. The van der Waals surface area contributed by atoms with Gasteiger partial charge in [-0.1, -0.05) is 12.2 Å². The number of amides is 2. The summed E-state index contributed by atoms with van der Waals surface area (Å²) >= 11 is 4.91. The predicted octanol–water partition coefficient (Wildman–Crippen LogP) is -0.0704. The number of carbonyl (C=O) groups excluding carboxylic acids is 1. The van der Waals surface area contributed by atoms with Gasteiger partial charge in [0.2, 0.25) is 0 Å². The van der Waals surface area contributed by atoms with Gasteiger partial charge in [0.05, 0.1) is 6.04 Å². The second kappa shape index (κ2) is 4.65. The molecule has 1 unspecified atom stereocenters. The molecule has 0 aromatic carbocycles. The Hall–Kier alpha value is -1.89. The Balaban J connectivity index is 1.73. The van der Waals surface area contributed by atoms with E-state index < -0.39 is 0 Å². The van der Waals surface area contributed by atoms with E-state index in [2.05, 4.69) is 15.2 Å². The first-order valence-corrected chi connectivity index (χ1v) is 6.61. The van der Waals surface area contributed by atoms with E-state index >= 15 is 0 Å². The molecule has 0 aliphatic carbocycles. The predicted molar refractivity (Wildman–Crippen MR) is 76.2 cm³/mol. The summed E-state index contributed by atoms with van der Waals surface area (Å²) in [6.07, 6.45) is 1.70. The summed E-state index contributed by atoms with van der Waals surface area (Å²) in [5, 5.41) is 2.86. The monoisotopic (exact) mass is 277 g/mol. The molecular formula is C12H15N5OS. The van der Waals surface area contributed by atoms with Crippen molar-refractivity contribution >= 4 is 29.1 Å². The number of carbonyl (C=O) groups is 1. The third-order valence-electron chi connectivity index (χ3n) is 3.59. The lowest BCUT2D eigenvalue weighted by atomic mass is 10.2. The molecule has 3 heterocycles. The molecule has 1 aromatic heterocycles. The molecule has 1 aromatic rings. The zero-order valence-corrected chi connectivity index (χ0v) is 11.2. The minimum Gasteiger partial charge on any atom is -0.389 e. The number of piperazine rings is 1. The fraction of sp³-hybridized carbons (Fsp3) is 0.417. The Morgan fingerprint density at radius 3 is 3.00 bits per heavy atom. The number of nitrogens with one attached hydrogen (secondary N) is 1. The van der Waals surface area contributed by atoms with Gasteiger partial charge in [-0.15, -0.1) is 0 Å². The number of nitrogens with two attached hydrogens (primary N) is 1. The Bertz CT molecular complexity index is 517. The quantitative estimate of drug-likeness (QED) is 0.740. The summed E-state index contributed by atoms with van der Waals surface area (Å²) in [6.45, 7) is 3.04. The van der Waals surface area contributed by atoms with E-state index in [9.17, 15) is 4.79 Å². The summed E-state index contributed by atoms with van der Waals surface area (Å²) in [6, 6.07) is 4.09. The number of anilines is 1. The van der Waals surface area contributed by atoms with Crippen LogP contribution in [-0.4, -0.2) is 53.1 Å². The maximum Gasteiger partial charge on any atom is 0.317 e. The first-order valence-electron chi connectivity index (χ1n) is 6.20. The molecule has 0 radical (unpaired) electrons. The highest BCUT2D eigenvalue weighted by atomic mass is 32.1. The Morgan fingerprint density at radius 2 is 2.32 bits per heavy atom. The number of hydrogen-bond donors (Lipinski definition) is 2. The Kier molecular flexibility index (Phi) is 2.98. The van der Waals surface area contributed by atoms with Crippen LogP contribution in [0.2, 0.25) is 0 Å². The van der Waals surface area contributed by atoms with Gasteiger partial charge in [0, 0.05) is 37.9 Å². The highest BCUT2D eigenvalue weighted by Gasteiger charge is 2.35. The van der Waals surface area contributed by atoms with Crippen molar-refractivity contribution in [3.63, 3.8) is 0 Å². The minimum absolute atomic E-state index is 0.0430. The van der Waals surface area contributed by atoms with Crippen LogP contribution in [0.15, 0.2) is 18.3 Å². The van der Waals surface area contributed by atoms with Gasteiger partial charge in [0.15, 0.2) is 0 Å². The highest BCUT2D eigenvalue weighted by Crippen LogP contribution is 2.19. The molecule has 3 rings (SSSR count). The van der Waals surface area contributed by atoms with Crippen LogP contribution >= 0.6 is 12.2 Å². The van der Waals surface area contributed by atoms with Gasteiger partial charge in [-0.25, -0.2) is 9.78 Å². The zero-order chi connectivity index (χ0) is 13.4. The van der Waals surface area contributed by atoms with Crippen LogP contribution in [0.3, 0.4) is 0 Å². The lowest BCUT2D eigenvalue weighted by Crippen LogP contribution is -2.52. The molecule has 3 N–H and O–H groups in total. The van der Waals surface area contributed by atoms with Gasteiger partial charge in [-0.3, -0.25) is 0 Å². The molecule has 0 saturated carbocycles. The van der Waals surface area contributed by atoms with Crippen molar-refractivity contribution in [3.8, 4) is 0 Å². The first-order chi connectivity index (χ1) is 9.15. The maximum atomic E-state index is 11.5. The van der Waals surface area contributed by atoms with Crippen molar-refractivity contribution in [2.45, 2.75) is 6.04 Å². The van der Waals surface area contributed by atoms with Crippen molar-refractivity contribution in [3.05, 3.63) is 23.9 Å². The second-order valence-electron chi connectivity index (χ2n) is 4.75. The van der Waals surface area contributed by atoms with Crippen LogP contribution in [0.4, 0.5) is 10.6 Å². The molecule has 0 spiro atoms.